The minimum Gasteiger partial charge on any atom is -0.352 e. The first-order valence-electron chi connectivity index (χ1n) is 9.48. The van der Waals surface area contributed by atoms with E-state index < -0.39 is 0 Å². The van der Waals surface area contributed by atoms with Crippen LogP contribution in [-0.4, -0.2) is 29.5 Å². The molecule has 0 amide bonds. The molecule has 1 aromatic carbocycles. The third-order valence-electron chi connectivity index (χ3n) is 4.78. The van der Waals surface area contributed by atoms with Gasteiger partial charge in [-0.05, 0) is 48.9 Å². The quantitative estimate of drug-likeness (QED) is 0.432. The van der Waals surface area contributed by atoms with Gasteiger partial charge in [0.25, 0.3) is 0 Å². The van der Waals surface area contributed by atoms with E-state index in [2.05, 4.69) is 25.4 Å². The van der Waals surface area contributed by atoms with Crippen LogP contribution in [0.1, 0.15) is 11.3 Å². The minimum atomic E-state index is 0.619. The summed E-state index contributed by atoms with van der Waals surface area (Å²) in [5, 5.41) is 8.24. The molecule has 148 valence electrons. The molecule has 2 N–H and O–H groups in total. The van der Waals surface area contributed by atoms with E-state index in [0.29, 0.717) is 12.5 Å². The molecule has 5 rings (SSSR count). The zero-order chi connectivity index (χ0) is 20.5. The Bertz CT molecular complexity index is 1320. The number of hydrogen-bond donors (Lipinski definition) is 2. The van der Waals surface area contributed by atoms with Gasteiger partial charge in [-0.1, -0.05) is 29.8 Å². The predicted octanol–water partition coefficient (Wildman–Crippen LogP) is 4.76. The number of halogens is 1. The molecule has 4 aromatic heterocycles. The minimum absolute atomic E-state index is 0.619. The number of nitrogens with one attached hydrogen (secondary N) is 2. The van der Waals surface area contributed by atoms with Gasteiger partial charge in [0.05, 0.1) is 11.4 Å². The molecule has 8 heteroatoms. The highest BCUT2D eigenvalue weighted by atomic mass is 35.5. The lowest BCUT2D eigenvalue weighted by Crippen LogP contribution is -2.00. The van der Waals surface area contributed by atoms with Crippen molar-refractivity contribution in [2.45, 2.75) is 13.5 Å². The van der Waals surface area contributed by atoms with Crippen molar-refractivity contribution in [1.82, 2.24) is 29.5 Å². The number of hydrogen-bond acceptors (Lipinski definition) is 5. The van der Waals surface area contributed by atoms with Crippen molar-refractivity contribution in [3.05, 3.63) is 83.4 Å². The number of aryl methyl sites for hydroxylation is 1. The fourth-order valence-electron chi connectivity index (χ4n) is 3.28. The first-order chi connectivity index (χ1) is 14.7. The normalized spacial score (nSPS) is 11.1. The standard InChI is InChI=1S/C22H18ClN7/c1-14-3-2-4-18(27-14)21-20(16-9-10-30-19(11-16)25-13-26-30)28-22(29-21)24-12-15-5-7-17(23)8-6-15/h2-11,13H,12H2,1H3,(H2,24,28,29). The maximum absolute atomic E-state index is 5.98. The Labute approximate surface area is 177 Å². The maximum Gasteiger partial charge on any atom is 0.201 e. The average Bonchev–Trinajstić information content (AvgIpc) is 3.40. The number of benzene rings is 1. The molecule has 30 heavy (non-hydrogen) atoms. The molecule has 0 saturated heterocycles. The van der Waals surface area contributed by atoms with Gasteiger partial charge in [-0.3, -0.25) is 4.98 Å². The SMILES string of the molecule is Cc1cccc(-c2[nH]c(NCc3ccc(Cl)cc3)nc2-c2ccn3ncnc3c2)n1. The third kappa shape index (κ3) is 3.62. The van der Waals surface area contributed by atoms with Crippen LogP contribution in [0.4, 0.5) is 5.95 Å². The van der Waals surface area contributed by atoms with E-state index >= 15 is 0 Å². The Morgan fingerprint density at radius 1 is 1.07 bits per heavy atom. The zero-order valence-corrected chi connectivity index (χ0v) is 16.9. The highest BCUT2D eigenvalue weighted by molar-refractivity contribution is 6.30. The Hall–Kier alpha value is -3.71. The smallest absolute Gasteiger partial charge is 0.201 e. The Morgan fingerprint density at radius 2 is 1.93 bits per heavy atom. The van der Waals surface area contributed by atoms with Crippen LogP contribution in [0.5, 0.6) is 0 Å². The first kappa shape index (κ1) is 18.3. The van der Waals surface area contributed by atoms with Gasteiger partial charge in [0.15, 0.2) is 5.65 Å². The highest BCUT2D eigenvalue weighted by Gasteiger charge is 2.16. The highest BCUT2D eigenvalue weighted by Crippen LogP contribution is 2.31. The topological polar surface area (TPSA) is 83.8 Å². The van der Waals surface area contributed by atoms with Crippen LogP contribution in [0.15, 0.2) is 67.1 Å². The largest absolute Gasteiger partial charge is 0.352 e. The van der Waals surface area contributed by atoms with Gasteiger partial charge in [-0.25, -0.2) is 14.5 Å². The van der Waals surface area contributed by atoms with Crippen molar-refractivity contribution in [1.29, 1.82) is 0 Å². The zero-order valence-electron chi connectivity index (χ0n) is 16.2. The van der Waals surface area contributed by atoms with Gasteiger partial charge in [0.1, 0.15) is 12.0 Å². The molecule has 4 heterocycles. The summed E-state index contributed by atoms with van der Waals surface area (Å²) in [4.78, 5) is 17.2. The fraction of sp³-hybridized carbons (Fsp3) is 0.0909. The number of nitrogens with zero attached hydrogens (tertiary/aromatic N) is 5. The van der Waals surface area contributed by atoms with Crippen molar-refractivity contribution in [3.8, 4) is 22.6 Å². The second kappa shape index (κ2) is 7.61. The molecule has 0 radical (unpaired) electrons. The van der Waals surface area contributed by atoms with Gasteiger partial charge in [0, 0.05) is 29.0 Å². The van der Waals surface area contributed by atoms with Crippen LogP contribution in [-0.2, 0) is 6.54 Å². The van der Waals surface area contributed by atoms with E-state index in [1.807, 2.05) is 67.7 Å². The third-order valence-corrected chi connectivity index (χ3v) is 5.03. The number of fused-ring (bicyclic) bond motifs is 1. The van der Waals surface area contributed by atoms with Crippen LogP contribution < -0.4 is 5.32 Å². The van der Waals surface area contributed by atoms with E-state index in [4.69, 9.17) is 16.6 Å². The molecule has 0 unspecified atom stereocenters. The molecule has 0 fully saturated rings. The van der Waals surface area contributed by atoms with Crippen LogP contribution >= 0.6 is 11.6 Å². The number of imidazole rings is 1. The molecule has 0 aliphatic heterocycles. The summed E-state index contributed by atoms with van der Waals surface area (Å²) in [6.07, 6.45) is 3.41. The van der Waals surface area contributed by atoms with Crippen molar-refractivity contribution in [2.24, 2.45) is 0 Å². The number of H-pyrrole nitrogens is 1. The van der Waals surface area contributed by atoms with Crippen LogP contribution in [0.2, 0.25) is 5.02 Å². The second-order valence-corrected chi connectivity index (χ2v) is 7.37. The van der Waals surface area contributed by atoms with Gasteiger partial charge in [-0.2, -0.15) is 5.10 Å². The number of rotatable bonds is 5. The van der Waals surface area contributed by atoms with Gasteiger partial charge in [0.2, 0.25) is 5.95 Å². The van der Waals surface area contributed by atoms with Crippen molar-refractivity contribution >= 4 is 23.2 Å². The fourth-order valence-corrected chi connectivity index (χ4v) is 3.41. The van der Waals surface area contributed by atoms with Crippen LogP contribution in [0.25, 0.3) is 28.3 Å². The van der Waals surface area contributed by atoms with Crippen molar-refractivity contribution in [3.63, 3.8) is 0 Å². The Morgan fingerprint density at radius 3 is 2.77 bits per heavy atom. The molecule has 0 saturated carbocycles. The molecule has 0 spiro atoms. The lowest BCUT2D eigenvalue weighted by Gasteiger charge is -2.04. The predicted molar refractivity (Wildman–Crippen MR) is 117 cm³/mol. The number of pyridine rings is 2. The molecule has 0 aliphatic carbocycles. The number of anilines is 1. The molecular formula is C22H18ClN7. The van der Waals surface area contributed by atoms with Gasteiger partial charge < -0.3 is 10.3 Å². The number of aromatic amines is 1. The summed E-state index contributed by atoms with van der Waals surface area (Å²) >= 11 is 5.98. The lowest BCUT2D eigenvalue weighted by molar-refractivity contribution is 0.961. The van der Waals surface area contributed by atoms with Crippen LogP contribution in [0, 0.1) is 6.92 Å². The molecule has 0 aliphatic rings. The summed E-state index contributed by atoms with van der Waals surface area (Å²) in [7, 11) is 0. The van der Waals surface area contributed by atoms with Gasteiger partial charge in [-0.15, -0.1) is 0 Å². The monoisotopic (exact) mass is 415 g/mol. The Balaban J connectivity index is 1.54. The maximum atomic E-state index is 5.98. The summed E-state index contributed by atoms with van der Waals surface area (Å²) in [5.74, 6) is 0.666. The number of aromatic nitrogens is 6. The average molecular weight is 416 g/mol. The second-order valence-electron chi connectivity index (χ2n) is 6.93. The van der Waals surface area contributed by atoms with Gasteiger partial charge >= 0.3 is 0 Å². The summed E-state index contributed by atoms with van der Waals surface area (Å²) in [6.45, 7) is 2.59. The van der Waals surface area contributed by atoms with Crippen molar-refractivity contribution in [2.75, 3.05) is 5.32 Å². The Kier molecular flexibility index (Phi) is 4.65. The van der Waals surface area contributed by atoms with E-state index in [1.54, 1.807) is 4.52 Å². The first-order valence-corrected chi connectivity index (χ1v) is 9.86. The summed E-state index contributed by atoms with van der Waals surface area (Å²) < 4.78 is 1.72. The van der Waals surface area contributed by atoms with Crippen LogP contribution in [0.3, 0.4) is 0 Å². The van der Waals surface area contributed by atoms with E-state index in [1.165, 1.54) is 6.33 Å². The van der Waals surface area contributed by atoms with E-state index in [-0.39, 0.29) is 0 Å². The van der Waals surface area contributed by atoms with E-state index in [0.717, 1.165) is 44.6 Å². The summed E-state index contributed by atoms with van der Waals surface area (Å²) in [5.41, 5.74) is 6.23. The van der Waals surface area contributed by atoms with E-state index in [9.17, 15) is 0 Å². The molecular weight excluding hydrogens is 398 g/mol. The summed E-state index contributed by atoms with van der Waals surface area (Å²) in [6, 6.07) is 17.6. The van der Waals surface area contributed by atoms with Crippen molar-refractivity contribution < 1.29 is 0 Å². The molecule has 0 atom stereocenters. The molecule has 7 nitrogen and oxygen atoms in total. The lowest BCUT2D eigenvalue weighted by atomic mass is 10.1. The molecule has 0 bridgehead atoms. The molecule has 5 aromatic rings.